The van der Waals surface area contributed by atoms with Gasteiger partial charge in [0.1, 0.15) is 6.61 Å². The minimum atomic E-state index is -3.52. The van der Waals surface area contributed by atoms with Crippen LogP contribution in [0.5, 0.6) is 0 Å². The number of nitrogens with zero attached hydrogens (tertiary/aromatic N) is 1. The Morgan fingerprint density at radius 1 is 1.40 bits per heavy atom. The van der Waals surface area contributed by atoms with Crippen LogP contribution >= 0.6 is 0 Å². The molecule has 0 saturated carbocycles. The Kier molecular flexibility index (Phi) is 4.42. The Bertz CT molecular complexity index is 581. The summed E-state index contributed by atoms with van der Waals surface area (Å²) in [5.74, 6) is -1.05. The Balaban J connectivity index is 2.05. The minimum absolute atomic E-state index is 0.198. The summed E-state index contributed by atoms with van der Waals surface area (Å²) >= 11 is 0. The molecule has 110 valence electrons. The third-order valence-electron chi connectivity index (χ3n) is 3.21. The van der Waals surface area contributed by atoms with E-state index in [9.17, 15) is 13.2 Å². The molecule has 0 aromatic heterocycles. The second-order valence-corrected chi connectivity index (χ2v) is 6.73. The second kappa shape index (κ2) is 5.90. The van der Waals surface area contributed by atoms with E-state index in [-0.39, 0.29) is 17.5 Å². The van der Waals surface area contributed by atoms with Gasteiger partial charge in [0.05, 0.1) is 11.0 Å². The Morgan fingerprint density at radius 3 is 2.65 bits per heavy atom. The first-order chi connectivity index (χ1) is 9.39. The third-order valence-corrected chi connectivity index (χ3v) is 5.09. The molecule has 1 N–H and O–H groups in total. The van der Waals surface area contributed by atoms with Gasteiger partial charge in [-0.2, -0.15) is 4.31 Å². The molecule has 0 amide bonds. The van der Waals surface area contributed by atoms with Gasteiger partial charge in [-0.3, -0.25) is 0 Å². The summed E-state index contributed by atoms with van der Waals surface area (Å²) in [6.07, 6.45) is 0.157. The topological polar surface area (TPSA) is 83.9 Å². The van der Waals surface area contributed by atoms with Crippen molar-refractivity contribution in [2.24, 2.45) is 0 Å². The van der Waals surface area contributed by atoms with Crippen molar-refractivity contribution in [2.45, 2.75) is 24.3 Å². The number of rotatable bonds is 5. The lowest BCUT2D eigenvalue weighted by atomic mass is 10.2. The van der Waals surface area contributed by atoms with Crippen molar-refractivity contribution in [2.75, 3.05) is 19.7 Å². The predicted octanol–water partition coefficient (Wildman–Crippen LogP) is 0.859. The average molecular weight is 299 g/mol. The molecular weight excluding hydrogens is 282 g/mol. The van der Waals surface area contributed by atoms with Crippen LogP contribution in [-0.4, -0.2) is 49.6 Å². The monoisotopic (exact) mass is 299 g/mol. The number of aryl methyl sites for hydroxylation is 1. The van der Waals surface area contributed by atoms with Gasteiger partial charge >= 0.3 is 5.97 Å². The number of carboxylic acid groups (broad SMARTS) is 1. The lowest BCUT2D eigenvalue weighted by Crippen LogP contribution is -2.30. The van der Waals surface area contributed by atoms with Crippen LogP contribution in [0.25, 0.3) is 0 Å². The fourth-order valence-electron chi connectivity index (χ4n) is 2.10. The van der Waals surface area contributed by atoms with Crippen LogP contribution in [-0.2, 0) is 19.6 Å². The maximum atomic E-state index is 12.4. The molecule has 2 rings (SSSR count). The first kappa shape index (κ1) is 15.0. The number of sulfonamides is 1. The molecule has 1 atom stereocenters. The molecule has 1 aromatic carbocycles. The number of benzene rings is 1. The molecule has 1 saturated heterocycles. The highest BCUT2D eigenvalue weighted by Crippen LogP contribution is 2.22. The third kappa shape index (κ3) is 3.36. The highest BCUT2D eigenvalue weighted by Gasteiger charge is 2.33. The number of aliphatic carboxylic acids is 1. The predicted molar refractivity (Wildman–Crippen MR) is 71.9 cm³/mol. The first-order valence-electron chi connectivity index (χ1n) is 6.30. The van der Waals surface area contributed by atoms with Gasteiger partial charge in [-0.1, -0.05) is 17.7 Å². The van der Waals surface area contributed by atoms with Crippen LogP contribution in [0.2, 0.25) is 0 Å². The van der Waals surface area contributed by atoms with Gasteiger partial charge in [-0.25, -0.2) is 13.2 Å². The highest BCUT2D eigenvalue weighted by molar-refractivity contribution is 7.89. The van der Waals surface area contributed by atoms with Gasteiger partial charge in [0.25, 0.3) is 0 Å². The standard InChI is InChI=1S/C13H17NO5S/c1-10-2-4-12(5-3-10)20(17,18)14-7-6-11(8-14)19-9-13(15)16/h2-5,11H,6-9H2,1H3,(H,15,16). The summed E-state index contributed by atoms with van der Waals surface area (Å²) < 4.78 is 31.2. The van der Waals surface area contributed by atoms with Crippen molar-refractivity contribution in [3.8, 4) is 0 Å². The van der Waals surface area contributed by atoms with Crippen molar-refractivity contribution in [1.29, 1.82) is 0 Å². The lowest BCUT2D eigenvalue weighted by molar-refractivity contribution is -0.144. The summed E-state index contributed by atoms with van der Waals surface area (Å²) in [6.45, 7) is 2.04. The maximum Gasteiger partial charge on any atom is 0.329 e. The fraction of sp³-hybridized carbons (Fsp3) is 0.462. The summed E-state index contributed by atoms with van der Waals surface area (Å²) in [7, 11) is -3.52. The molecule has 1 heterocycles. The van der Waals surface area contributed by atoms with Gasteiger partial charge in [0, 0.05) is 13.1 Å². The molecule has 7 heteroatoms. The zero-order chi connectivity index (χ0) is 14.8. The minimum Gasteiger partial charge on any atom is -0.480 e. The normalized spacial score (nSPS) is 20.1. The lowest BCUT2D eigenvalue weighted by Gasteiger charge is -2.16. The molecule has 1 aliphatic heterocycles. The van der Waals surface area contributed by atoms with Crippen LogP contribution in [0.4, 0.5) is 0 Å². The zero-order valence-corrected chi connectivity index (χ0v) is 12.0. The molecular formula is C13H17NO5S. The number of ether oxygens (including phenoxy) is 1. The molecule has 0 aliphatic carbocycles. The fourth-order valence-corrected chi connectivity index (χ4v) is 3.59. The van der Waals surface area contributed by atoms with Crippen LogP contribution < -0.4 is 0 Å². The largest absolute Gasteiger partial charge is 0.480 e. The van der Waals surface area contributed by atoms with E-state index in [2.05, 4.69) is 0 Å². The van der Waals surface area contributed by atoms with E-state index in [0.29, 0.717) is 13.0 Å². The molecule has 1 aromatic rings. The van der Waals surface area contributed by atoms with Crippen LogP contribution in [0.1, 0.15) is 12.0 Å². The summed E-state index contributed by atoms with van der Waals surface area (Å²) in [5, 5.41) is 8.55. The van der Waals surface area contributed by atoms with E-state index in [1.807, 2.05) is 6.92 Å². The van der Waals surface area contributed by atoms with Crippen molar-refractivity contribution >= 4 is 16.0 Å². The zero-order valence-electron chi connectivity index (χ0n) is 11.2. The molecule has 0 spiro atoms. The first-order valence-corrected chi connectivity index (χ1v) is 7.74. The second-order valence-electron chi connectivity index (χ2n) is 4.79. The number of carboxylic acids is 1. The molecule has 6 nitrogen and oxygen atoms in total. The van der Waals surface area contributed by atoms with Gasteiger partial charge in [0.15, 0.2) is 0 Å². The Hall–Kier alpha value is -1.44. The number of hydrogen-bond donors (Lipinski definition) is 1. The van der Waals surface area contributed by atoms with E-state index in [4.69, 9.17) is 9.84 Å². The molecule has 0 bridgehead atoms. The van der Waals surface area contributed by atoms with E-state index in [1.54, 1.807) is 24.3 Å². The smallest absolute Gasteiger partial charge is 0.329 e. The molecule has 1 fully saturated rings. The van der Waals surface area contributed by atoms with E-state index < -0.39 is 22.6 Å². The van der Waals surface area contributed by atoms with Gasteiger partial charge in [0.2, 0.25) is 10.0 Å². The summed E-state index contributed by atoms with van der Waals surface area (Å²) in [5.41, 5.74) is 0.994. The van der Waals surface area contributed by atoms with Crippen molar-refractivity contribution in [3.05, 3.63) is 29.8 Å². The Morgan fingerprint density at radius 2 is 2.05 bits per heavy atom. The van der Waals surface area contributed by atoms with E-state index >= 15 is 0 Å². The van der Waals surface area contributed by atoms with Crippen molar-refractivity contribution in [3.63, 3.8) is 0 Å². The number of carbonyl (C=O) groups is 1. The van der Waals surface area contributed by atoms with Crippen molar-refractivity contribution < 1.29 is 23.1 Å². The summed E-state index contributed by atoms with van der Waals surface area (Å²) in [4.78, 5) is 10.7. The van der Waals surface area contributed by atoms with E-state index in [0.717, 1.165) is 5.56 Å². The molecule has 1 aliphatic rings. The van der Waals surface area contributed by atoms with Crippen LogP contribution in [0.15, 0.2) is 29.2 Å². The van der Waals surface area contributed by atoms with Gasteiger partial charge in [-0.05, 0) is 25.5 Å². The van der Waals surface area contributed by atoms with Gasteiger partial charge in [-0.15, -0.1) is 0 Å². The van der Waals surface area contributed by atoms with Crippen molar-refractivity contribution in [1.82, 2.24) is 4.31 Å². The molecule has 1 unspecified atom stereocenters. The number of hydrogen-bond acceptors (Lipinski definition) is 4. The van der Waals surface area contributed by atoms with Gasteiger partial charge < -0.3 is 9.84 Å². The molecule has 0 radical (unpaired) electrons. The SMILES string of the molecule is Cc1ccc(S(=O)(=O)N2CCC(OCC(=O)O)C2)cc1. The van der Waals surface area contributed by atoms with Crippen LogP contribution in [0.3, 0.4) is 0 Å². The quantitative estimate of drug-likeness (QED) is 0.871. The maximum absolute atomic E-state index is 12.4. The highest BCUT2D eigenvalue weighted by atomic mass is 32.2. The summed E-state index contributed by atoms with van der Waals surface area (Å²) in [6, 6.07) is 6.66. The molecule has 20 heavy (non-hydrogen) atoms. The van der Waals surface area contributed by atoms with Crippen LogP contribution in [0, 0.1) is 6.92 Å². The van der Waals surface area contributed by atoms with E-state index in [1.165, 1.54) is 4.31 Å². The average Bonchev–Trinajstić information content (AvgIpc) is 2.86. The Labute approximate surface area is 118 Å².